The fourth-order valence-electron chi connectivity index (χ4n) is 1.85. The maximum absolute atomic E-state index is 11.6. The van der Waals surface area contributed by atoms with E-state index in [1.54, 1.807) is 7.11 Å². The second-order valence-electron chi connectivity index (χ2n) is 4.16. The zero-order valence-corrected chi connectivity index (χ0v) is 11.5. The largest absolute Gasteiger partial charge is 0.496 e. The fourth-order valence-corrected chi connectivity index (χ4v) is 2.40. The quantitative estimate of drug-likeness (QED) is 0.633. The molecule has 1 saturated carbocycles. The number of hydrogen-bond acceptors (Lipinski definition) is 3. The summed E-state index contributed by atoms with van der Waals surface area (Å²) >= 11 is 3.35. The summed E-state index contributed by atoms with van der Waals surface area (Å²) in [4.78, 5) is 11.1. The fraction of sp³-hybridized carbons (Fsp3) is 0.462. The first-order chi connectivity index (χ1) is 8.17. The third-order valence-electron chi connectivity index (χ3n) is 2.98. The molecule has 1 aromatic carbocycles. The number of carbonyl (C=O) groups excluding carboxylic acids is 1. The highest BCUT2D eigenvalue weighted by atomic mass is 79.9. The zero-order valence-electron chi connectivity index (χ0n) is 9.90. The van der Waals surface area contributed by atoms with E-state index < -0.39 is 4.83 Å². The van der Waals surface area contributed by atoms with E-state index in [2.05, 4.69) is 22.0 Å². The molecule has 0 amide bonds. The molecule has 92 valence electrons. The molecule has 1 aromatic rings. The van der Waals surface area contributed by atoms with Crippen LogP contribution in [0.5, 0.6) is 5.75 Å². The molecule has 1 atom stereocenters. The second kappa shape index (κ2) is 5.08. The van der Waals surface area contributed by atoms with E-state index in [-0.39, 0.29) is 5.97 Å². The van der Waals surface area contributed by atoms with Crippen LogP contribution in [0.3, 0.4) is 0 Å². The van der Waals surface area contributed by atoms with Gasteiger partial charge in [-0.3, -0.25) is 4.79 Å². The van der Waals surface area contributed by atoms with Crippen molar-refractivity contribution in [3.63, 3.8) is 0 Å². The van der Waals surface area contributed by atoms with Gasteiger partial charge in [-0.1, -0.05) is 28.1 Å². The number of carbonyl (C=O) groups is 1. The molecule has 2 rings (SSSR count). The Kier molecular flexibility index (Phi) is 3.72. The van der Waals surface area contributed by atoms with Crippen LogP contribution in [0, 0.1) is 0 Å². The highest BCUT2D eigenvalue weighted by Crippen LogP contribution is 2.43. The maximum atomic E-state index is 11.6. The Labute approximate surface area is 109 Å². The van der Waals surface area contributed by atoms with Crippen molar-refractivity contribution in [1.82, 2.24) is 0 Å². The van der Waals surface area contributed by atoms with E-state index >= 15 is 0 Å². The molecule has 1 unspecified atom stereocenters. The van der Waals surface area contributed by atoms with Crippen LogP contribution in [0.1, 0.15) is 34.7 Å². The van der Waals surface area contributed by atoms with Crippen molar-refractivity contribution in [2.45, 2.75) is 23.6 Å². The minimum atomic E-state index is -0.471. The Bertz CT molecular complexity index is 427. The monoisotopic (exact) mass is 298 g/mol. The summed E-state index contributed by atoms with van der Waals surface area (Å²) in [6, 6.07) is 6.02. The van der Waals surface area contributed by atoms with Crippen molar-refractivity contribution in [2.24, 2.45) is 0 Å². The van der Waals surface area contributed by atoms with Crippen molar-refractivity contribution in [3.05, 3.63) is 29.3 Å². The van der Waals surface area contributed by atoms with Crippen LogP contribution in [-0.2, 0) is 9.53 Å². The van der Waals surface area contributed by atoms with Gasteiger partial charge in [0.25, 0.3) is 0 Å². The highest BCUT2D eigenvalue weighted by molar-refractivity contribution is 9.09. The molecule has 1 aliphatic rings. The van der Waals surface area contributed by atoms with Gasteiger partial charge in [0.1, 0.15) is 10.6 Å². The van der Waals surface area contributed by atoms with Crippen LogP contribution in [0.4, 0.5) is 0 Å². The molecule has 0 radical (unpaired) electrons. The van der Waals surface area contributed by atoms with E-state index in [1.165, 1.54) is 25.5 Å². The van der Waals surface area contributed by atoms with Gasteiger partial charge in [0.15, 0.2) is 0 Å². The number of rotatable bonds is 4. The lowest BCUT2D eigenvalue weighted by Crippen LogP contribution is -2.09. The van der Waals surface area contributed by atoms with Crippen LogP contribution in [0.2, 0.25) is 0 Å². The third kappa shape index (κ3) is 2.63. The van der Waals surface area contributed by atoms with E-state index in [0.717, 1.165) is 5.56 Å². The SMILES string of the molecule is COC(=O)C(Br)c1cc(C2CC2)ccc1OC. The van der Waals surface area contributed by atoms with E-state index in [9.17, 15) is 4.79 Å². The lowest BCUT2D eigenvalue weighted by Gasteiger charge is -2.14. The predicted octanol–water partition coefficient (Wildman–Crippen LogP) is 3.18. The minimum absolute atomic E-state index is 0.309. The minimum Gasteiger partial charge on any atom is -0.496 e. The summed E-state index contributed by atoms with van der Waals surface area (Å²) in [5.41, 5.74) is 2.11. The molecule has 17 heavy (non-hydrogen) atoms. The second-order valence-corrected chi connectivity index (χ2v) is 5.08. The summed E-state index contributed by atoms with van der Waals surface area (Å²) < 4.78 is 10.0. The van der Waals surface area contributed by atoms with Gasteiger partial charge >= 0.3 is 5.97 Å². The molecule has 0 aliphatic heterocycles. The average Bonchev–Trinajstić information content (AvgIpc) is 3.20. The standard InChI is InChI=1S/C13H15BrO3/c1-16-11-6-5-9(8-3-4-8)7-10(11)12(14)13(15)17-2/h5-8,12H,3-4H2,1-2H3. The van der Waals surface area contributed by atoms with Crippen LogP contribution >= 0.6 is 15.9 Å². The third-order valence-corrected chi connectivity index (χ3v) is 3.85. The number of hydrogen-bond donors (Lipinski definition) is 0. The molecule has 0 aromatic heterocycles. The predicted molar refractivity (Wildman–Crippen MR) is 68.7 cm³/mol. The first kappa shape index (κ1) is 12.4. The van der Waals surface area contributed by atoms with E-state index in [4.69, 9.17) is 9.47 Å². The number of halogens is 1. The molecule has 3 nitrogen and oxygen atoms in total. The van der Waals surface area contributed by atoms with Gasteiger partial charge < -0.3 is 9.47 Å². The first-order valence-corrected chi connectivity index (χ1v) is 6.48. The van der Waals surface area contributed by atoms with Gasteiger partial charge in [-0.25, -0.2) is 0 Å². The molecular formula is C13H15BrO3. The van der Waals surface area contributed by atoms with Gasteiger partial charge in [-0.05, 0) is 30.4 Å². The van der Waals surface area contributed by atoms with Crippen molar-refractivity contribution in [3.8, 4) is 5.75 Å². The molecule has 4 heteroatoms. The smallest absolute Gasteiger partial charge is 0.324 e. The number of alkyl halides is 1. The maximum Gasteiger partial charge on any atom is 0.324 e. The number of methoxy groups -OCH3 is 2. The summed E-state index contributed by atoms with van der Waals surface area (Å²) in [5.74, 6) is 1.05. The van der Waals surface area contributed by atoms with Crippen LogP contribution in [0.25, 0.3) is 0 Å². The molecule has 1 fully saturated rings. The molecule has 0 saturated heterocycles. The Morgan fingerprint density at radius 2 is 2.12 bits per heavy atom. The number of ether oxygens (including phenoxy) is 2. The normalized spacial score (nSPS) is 16.4. The summed E-state index contributed by atoms with van der Waals surface area (Å²) in [6.45, 7) is 0. The summed E-state index contributed by atoms with van der Waals surface area (Å²) in [6.07, 6.45) is 2.47. The molecule has 0 spiro atoms. The zero-order chi connectivity index (χ0) is 12.4. The lowest BCUT2D eigenvalue weighted by atomic mass is 10.0. The first-order valence-electron chi connectivity index (χ1n) is 5.57. The topological polar surface area (TPSA) is 35.5 Å². The van der Waals surface area contributed by atoms with Crippen molar-refractivity contribution in [2.75, 3.05) is 14.2 Å². The van der Waals surface area contributed by atoms with E-state index in [0.29, 0.717) is 11.7 Å². The molecule has 0 bridgehead atoms. The molecular weight excluding hydrogens is 284 g/mol. The number of benzene rings is 1. The lowest BCUT2D eigenvalue weighted by molar-refractivity contribution is -0.139. The summed E-state index contributed by atoms with van der Waals surface area (Å²) in [5, 5.41) is 0. The number of esters is 1. The van der Waals surface area contributed by atoms with Gasteiger partial charge in [0.2, 0.25) is 0 Å². The van der Waals surface area contributed by atoms with E-state index in [1.807, 2.05) is 12.1 Å². The van der Waals surface area contributed by atoms with Crippen LogP contribution < -0.4 is 4.74 Å². The van der Waals surface area contributed by atoms with Gasteiger partial charge in [-0.15, -0.1) is 0 Å². The Balaban J connectivity index is 2.34. The van der Waals surface area contributed by atoms with Crippen LogP contribution in [0.15, 0.2) is 18.2 Å². The van der Waals surface area contributed by atoms with Crippen LogP contribution in [-0.4, -0.2) is 20.2 Å². The average molecular weight is 299 g/mol. The Morgan fingerprint density at radius 1 is 1.41 bits per heavy atom. The molecule has 0 N–H and O–H groups in total. The summed E-state index contributed by atoms with van der Waals surface area (Å²) in [7, 11) is 2.99. The molecule has 0 heterocycles. The van der Waals surface area contributed by atoms with Crippen molar-refractivity contribution in [1.29, 1.82) is 0 Å². The van der Waals surface area contributed by atoms with Gasteiger partial charge in [0, 0.05) is 5.56 Å². The van der Waals surface area contributed by atoms with Gasteiger partial charge in [-0.2, -0.15) is 0 Å². The molecule has 1 aliphatic carbocycles. The highest BCUT2D eigenvalue weighted by Gasteiger charge is 2.27. The van der Waals surface area contributed by atoms with Crippen molar-refractivity contribution >= 4 is 21.9 Å². The Morgan fingerprint density at radius 3 is 2.65 bits per heavy atom. The van der Waals surface area contributed by atoms with Gasteiger partial charge in [0.05, 0.1) is 14.2 Å². The van der Waals surface area contributed by atoms with Crippen molar-refractivity contribution < 1.29 is 14.3 Å². The Hall–Kier alpha value is -1.03.